The molecule has 0 saturated heterocycles. The molecule has 0 bridgehead atoms. The predicted molar refractivity (Wildman–Crippen MR) is 74.2 cm³/mol. The van der Waals surface area contributed by atoms with Gasteiger partial charge in [0.15, 0.2) is 0 Å². The quantitative estimate of drug-likeness (QED) is 0.878. The van der Waals surface area contributed by atoms with Gasteiger partial charge >= 0.3 is 0 Å². The molecule has 0 fully saturated rings. The number of hydrogen-bond acceptors (Lipinski definition) is 3. The monoisotopic (exact) mass is 249 g/mol. The van der Waals surface area contributed by atoms with E-state index in [1.54, 1.807) is 11.3 Å². The molecule has 0 amide bonds. The van der Waals surface area contributed by atoms with Crippen molar-refractivity contribution >= 4 is 21.4 Å². The number of benzene rings is 1. The van der Waals surface area contributed by atoms with Crippen LogP contribution in [0.3, 0.4) is 0 Å². The second-order valence-electron chi connectivity index (χ2n) is 5.31. The lowest BCUT2D eigenvalue weighted by atomic mass is 9.75. The smallest absolute Gasteiger partial charge is 0.102 e. The zero-order chi connectivity index (χ0) is 12.7. The van der Waals surface area contributed by atoms with Crippen LogP contribution in [0.4, 0.5) is 0 Å². The largest absolute Gasteiger partial charge is 0.384 e. The zero-order valence-electron chi connectivity index (χ0n) is 10.5. The van der Waals surface area contributed by atoms with Crippen molar-refractivity contribution in [3.05, 3.63) is 35.2 Å². The molecule has 2 aromatic rings. The molecule has 17 heavy (non-hydrogen) atoms. The molecule has 0 radical (unpaired) electrons. The summed E-state index contributed by atoms with van der Waals surface area (Å²) in [7, 11) is 0. The average molecular weight is 249 g/mol. The molecule has 0 aliphatic heterocycles. The molecule has 0 aliphatic carbocycles. The van der Waals surface area contributed by atoms with Gasteiger partial charge in [-0.15, -0.1) is 11.3 Å². The van der Waals surface area contributed by atoms with E-state index in [9.17, 15) is 5.11 Å². The number of aliphatic hydroxyl groups is 1. The maximum atomic E-state index is 10.7. The van der Waals surface area contributed by atoms with Crippen molar-refractivity contribution in [3.8, 4) is 0 Å². The first-order chi connectivity index (χ1) is 7.88. The van der Waals surface area contributed by atoms with E-state index in [1.807, 2.05) is 32.9 Å². The van der Waals surface area contributed by atoms with Gasteiger partial charge in [0.1, 0.15) is 5.60 Å². The van der Waals surface area contributed by atoms with Crippen LogP contribution < -0.4 is 5.73 Å². The molecular weight excluding hydrogens is 230 g/mol. The number of nitrogens with two attached hydrogens (primary N) is 1. The summed E-state index contributed by atoms with van der Waals surface area (Å²) in [6.07, 6.45) is 0. The molecule has 1 atom stereocenters. The van der Waals surface area contributed by atoms with Crippen molar-refractivity contribution in [1.29, 1.82) is 0 Å². The minimum Gasteiger partial charge on any atom is -0.384 e. The van der Waals surface area contributed by atoms with Crippen molar-refractivity contribution in [1.82, 2.24) is 0 Å². The van der Waals surface area contributed by atoms with Gasteiger partial charge in [0.2, 0.25) is 0 Å². The van der Waals surface area contributed by atoms with E-state index >= 15 is 0 Å². The summed E-state index contributed by atoms with van der Waals surface area (Å²) in [4.78, 5) is 0.981. The topological polar surface area (TPSA) is 46.2 Å². The molecule has 2 nitrogen and oxygen atoms in total. The SMILES string of the molecule is CC(C)(CN)C(C)(O)c1cc2ccccc2s1. The van der Waals surface area contributed by atoms with Crippen LogP contribution in [0.25, 0.3) is 10.1 Å². The minimum atomic E-state index is -0.897. The lowest BCUT2D eigenvalue weighted by molar-refractivity contribution is -0.0489. The Morgan fingerprint density at radius 1 is 1.24 bits per heavy atom. The van der Waals surface area contributed by atoms with E-state index in [0.29, 0.717) is 6.54 Å². The summed E-state index contributed by atoms with van der Waals surface area (Å²) in [5.41, 5.74) is 4.53. The summed E-state index contributed by atoms with van der Waals surface area (Å²) in [6.45, 7) is 6.30. The molecule has 3 heteroatoms. The summed E-state index contributed by atoms with van der Waals surface area (Å²) in [5, 5.41) is 11.9. The fourth-order valence-electron chi connectivity index (χ4n) is 1.75. The van der Waals surface area contributed by atoms with Crippen molar-refractivity contribution < 1.29 is 5.11 Å². The molecule has 3 N–H and O–H groups in total. The highest BCUT2D eigenvalue weighted by atomic mass is 32.1. The molecule has 1 aromatic carbocycles. The number of fused-ring (bicyclic) bond motifs is 1. The fraction of sp³-hybridized carbons (Fsp3) is 0.429. The maximum Gasteiger partial charge on any atom is 0.102 e. The zero-order valence-corrected chi connectivity index (χ0v) is 11.3. The van der Waals surface area contributed by atoms with Gasteiger partial charge < -0.3 is 10.8 Å². The van der Waals surface area contributed by atoms with Crippen LogP contribution >= 0.6 is 11.3 Å². The van der Waals surface area contributed by atoms with Gasteiger partial charge in [-0.05, 0) is 24.4 Å². The van der Waals surface area contributed by atoms with E-state index in [4.69, 9.17) is 5.73 Å². The van der Waals surface area contributed by atoms with Gasteiger partial charge in [-0.2, -0.15) is 0 Å². The highest BCUT2D eigenvalue weighted by Crippen LogP contribution is 2.43. The molecule has 0 aliphatic rings. The van der Waals surface area contributed by atoms with Crippen molar-refractivity contribution in [2.45, 2.75) is 26.4 Å². The Morgan fingerprint density at radius 2 is 1.88 bits per heavy atom. The first-order valence-corrected chi connectivity index (χ1v) is 6.61. The summed E-state index contributed by atoms with van der Waals surface area (Å²) in [5.74, 6) is 0. The van der Waals surface area contributed by atoms with E-state index in [1.165, 1.54) is 10.1 Å². The maximum absolute atomic E-state index is 10.7. The molecule has 1 unspecified atom stereocenters. The normalized spacial score (nSPS) is 16.1. The van der Waals surface area contributed by atoms with Gasteiger partial charge in [0, 0.05) is 21.5 Å². The lowest BCUT2D eigenvalue weighted by Gasteiger charge is -2.38. The van der Waals surface area contributed by atoms with Crippen molar-refractivity contribution in [3.63, 3.8) is 0 Å². The summed E-state index contributed by atoms with van der Waals surface area (Å²) < 4.78 is 1.20. The Bertz CT molecular complexity index is 495. The third-order valence-electron chi connectivity index (χ3n) is 3.73. The van der Waals surface area contributed by atoms with Gasteiger partial charge in [-0.25, -0.2) is 0 Å². The molecule has 0 saturated carbocycles. The minimum absolute atomic E-state index is 0.339. The molecule has 2 rings (SSSR count). The second-order valence-corrected chi connectivity index (χ2v) is 6.39. The first-order valence-electron chi connectivity index (χ1n) is 5.80. The van der Waals surface area contributed by atoms with Crippen LogP contribution in [0.1, 0.15) is 25.6 Å². The van der Waals surface area contributed by atoms with Crippen LogP contribution in [-0.2, 0) is 5.60 Å². The molecule has 1 aromatic heterocycles. The Hall–Kier alpha value is -0.900. The molecule has 1 heterocycles. The van der Waals surface area contributed by atoms with Crippen molar-refractivity contribution in [2.75, 3.05) is 6.54 Å². The third kappa shape index (κ3) is 1.99. The standard InChI is InChI=1S/C14H19NOS/c1-13(2,9-15)14(3,16)12-8-10-6-4-5-7-11(10)17-12/h4-8,16H,9,15H2,1-3H3. The highest BCUT2D eigenvalue weighted by molar-refractivity contribution is 7.19. The van der Waals surface area contributed by atoms with Gasteiger partial charge in [0.05, 0.1) is 0 Å². The van der Waals surface area contributed by atoms with Gasteiger partial charge in [-0.3, -0.25) is 0 Å². The summed E-state index contributed by atoms with van der Waals surface area (Å²) >= 11 is 1.64. The van der Waals surface area contributed by atoms with Crippen LogP contribution in [-0.4, -0.2) is 11.7 Å². The fourth-order valence-corrected chi connectivity index (χ4v) is 3.04. The van der Waals surface area contributed by atoms with E-state index in [-0.39, 0.29) is 5.41 Å². The predicted octanol–water partition coefficient (Wildman–Crippen LogP) is 3.09. The highest BCUT2D eigenvalue weighted by Gasteiger charge is 2.40. The Balaban J connectivity index is 2.52. The Labute approximate surface area is 106 Å². The Kier molecular flexibility index (Phi) is 3.02. The van der Waals surface area contributed by atoms with E-state index in [2.05, 4.69) is 18.2 Å². The number of hydrogen-bond donors (Lipinski definition) is 2. The number of thiophene rings is 1. The van der Waals surface area contributed by atoms with E-state index in [0.717, 1.165) is 4.88 Å². The molecule has 92 valence electrons. The summed E-state index contributed by atoms with van der Waals surface area (Å²) in [6, 6.07) is 10.3. The second kappa shape index (κ2) is 4.09. The van der Waals surface area contributed by atoms with E-state index < -0.39 is 5.60 Å². The first kappa shape index (κ1) is 12.6. The molecule has 0 spiro atoms. The Morgan fingerprint density at radius 3 is 2.47 bits per heavy atom. The van der Waals surface area contributed by atoms with Crippen LogP contribution in [0.2, 0.25) is 0 Å². The molecular formula is C14H19NOS. The average Bonchev–Trinajstić information content (AvgIpc) is 2.72. The lowest BCUT2D eigenvalue weighted by Crippen LogP contribution is -2.43. The third-order valence-corrected chi connectivity index (χ3v) is 5.06. The van der Waals surface area contributed by atoms with Crippen LogP contribution in [0.15, 0.2) is 30.3 Å². The number of rotatable bonds is 3. The van der Waals surface area contributed by atoms with Gasteiger partial charge in [-0.1, -0.05) is 32.0 Å². The van der Waals surface area contributed by atoms with Crippen LogP contribution in [0, 0.1) is 5.41 Å². The van der Waals surface area contributed by atoms with Crippen LogP contribution in [0.5, 0.6) is 0 Å². The van der Waals surface area contributed by atoms with Crippen molar-refractivity contribution in [2.24, 2.45) is 11.1 Å². The van der Waals surface area contributed by atoms with Gasteiger partial charge in [0.25, 0.3) is 0 Å².